The lowest BCUT2D eigenvalue weighted by Crippen LogP contribution is -2.33. The van der Waals surface area contributed by atoms with E-state index in [0.29, 0.717) is 5.75 Å². The van der Waals surface area contributed by atoms with E-state index in [0.717, 1.165) is 24.6 Å². The minimum Gasteiger partial charge on any atom is -0.493 e. The third kappa shape index (κ3) is 3.60. The predicted octanol–water partition coefficient (Wildman–Crippen LogP) is 3.96. The lowest BCUT2D eigenvalue weighted by atomic mass is 10.2. The highest BCUT2D eigenvalue weighted by Gasteiger charge is 2.36. The van der Waals surface area contributed by atoms with Crippen LogP contribution in [0, 0.1) is 11.6 Å². The summed E-state index contributed by atoms with van der Waals surface area (Å²) in [7, 11) is 1.48. The quantitative estimate of drug-likeness (QED) is 0.647. The molecule has 3 aromatic rings. The number of carbonyl (C=O) groups excluding carboxylic acids is 1. The number of halogens is 2. The molecule has 1 heterocycles. The van der Waals surface area contributed by atoms with Crippen LogP contribution in [-0.2, 0) is 6.54 Å². The molecule has 0 bridgehead atoms. The van der Waals surface area contributed by atoms with Crippen LogP contribution in [0.3, 0.4) is 0 Å². The van der Waals surface area contributed by atoms with Crippen LogP contribution in [0.5, 0.6) is 5.75 Å². The molecule has 144 valence electrons. The van der Waals surface area contributed by atoms with Crippen LogP contribution in [-0.4, -0.2) is 33.7 Å². The van der Waals surface area contributed by atoms with Crippen LogP contribution in [0.15, 0.2) is 54.7 Å². The monoisotopic (exact) mass is 383 g/mol. The van der Waals surface area contributed by atoms with Crippen molar-refractivity contribution in [3.8, 4) is 11.4 Å². The Bertz CT molecular complexity index is 1000. The standard InChI is InChI=1S/C21H19F2N3O2/c1-28-19-13-26(17-5-3-2-4-6-17)24-20(19)21(27)25(16-9-10-16)12-14-7-8-15(22)11-18(14)23/h2-8,11,13,16H,9-10,12H2,1H3. The lowest BCUT2D eigenvalue weighted by molar-refractivity contribution is 0.0718. The highest BCUT2D eigenvalue weighted by atomic mass is 19.1. The number of ether oxygens (including phenoxy) is 1. The van der Waals surface area contributed by atoms with Crippen LogP contribution in [0.4, 0.5) is 8.78 Å². The molecule has 1 aromatic heterocycles. The Kier molecular flexibility index (Phi) is 4.81. The molecule has 0 radical (unpaired) electrons. The van der Waals surface area contributed by atoms with E-state index >= 15 is 0 Å². The molecule has 1 saturated carbocycles. The zero-order chi connectivity index (χ0) is 19.7. The number of methoxy groups -OCH3 is 1. The van der Waals surface area contributed by atoms with Gasteiger partial charge in [0.2, 0.25) is 0 Å². The number of hydrogen-bond donors (Lipinski definition) is 0. The Labute approximate surface area is 161 Å². The summed E-state index contributed by atoms with van der Waals surface area (Å²) in [6.45, 7) is 0.0525. The molecule has 0 spiro atoms. The molecule has 1 aliphatic carbocycles. The molecule has 0 aliphatic heterocycles. The number of carbonyl (C=O) groups is 1. The van der Waals surface area contributed by atoms with Gasteiger partial charge in [0.15, 0.2) is 11.4 Å². The fraction of sp³-hybridized carbons (Fsp3) is 0.238. The van der Waals surface area contributed by atoms with Crippen LogP contribution in [0.1, 0.15) is 28.9 Å². The topological polar surface area (TPSA) is 47.4 Å². The molecule has 2 aromatic carbocycles. The smallest absolute Gasteiger partial charge is 0.278 e. The summed E-state index contributed by atoms with van der Waals surface area (Å²) in [5.41, 5.74) is 1.23. The summed E-state index contributed by atoms with van der Waals surface area (Å²) < 4.78 is 34.2. The number of amides is 1. The summed E-state index contributed by atoms with van der Waals surface area (Å²) in [5.74, 6) is -1.30. The highest BCUT2D eigenvalue weighted by Crippen LogP contribution is 2.32. The summed E-state index contributed by atoms with van der Waals surface area (Å²) in [4.78, 5) is 14.8. The summed E-state index contributed by atoms with van der Waals surface area (Å²) in [6.07, 6.45) is 3.33. The van der Waals surface area contributed by atoms with E-state index in [2.05, 4.69) is 5.10 Å². The molecule has 0 N–H and O–H groups in total. The molecule has 4 rings (SSSR count). The van der Waals surface area contributed by atoms with Gasteiger partial charge < -0.3 is 9.64 Å². The van der Waals surface area contributed by atoms with Gasteiger partial charge >= 0.3 is 0 Å². The van der Waals surface area contributed by atoms with Crippen LogP contribution in [0.2, 0.25) is 0 Å². The minimum absolute atomic E-state index is 0.0172. The van der Waals surface area contributed by atoms with Crippen LogP contribution in [0.25, 0.3) is 5.69 Å². The van der Waals surface area contributed by atoms with Gasteiger partial charge in [-0.1, -0.05) is 24.3 Å². The van der Waals surface area contributed by atoms with Crippen molar-refractivity contribution in [3.05, 3.63) is 77.6 Å². The number of para-hydroxylation sites is 1. The third-order valence-corrected chi connectivity index (χ3v) is 4.73. The van der Waals surface area contributed by atoms with Crippen molar-refractivity contribution >= 4 is 5.91 Å². The average molecular weight is 383 g/mol. The molecule has 1 amide bonds. The Morgan fingerprint density at radius 3 is 2.61 bits per heavy atom. The van der Waals surface area contributed by atoms with E-state index in [1.807, 2.05) is 30.3 Å². The molecular formula is C21H19F2N3O2. The number of hydrogen-bond acceptors (Lipinski definition) is 3. The molecule has 1 fully saturated rings. The molecule has 1 aliphatic rings. The van der Waals surface area contributed by atoms with Gasteiger partial charge in [-0.15, -0.1) is 0 Å². The highest BCUT2D eigenvalue weighted by molar-refractivity contribution is 5.95. The van der Waals surface area contributed by atoms with E-state index in [1.165, 1.54) is 19.2 Å². The third-order valence-electron chi connectivity index (χ3n) is 4.73. The molecular weight excluding hydrogens is 364 g/mol. The fourth-order valence-electron chi connectivity index (χ4n) is 3.09. The van der Waals surface area contributed by atoms with Gasteiger partial charge in [-0.3, -0.25) is 4.79 Å². The van der Waals surface area contributed by atoms with Gasteiger partial charge in [-0.2, -0.15) is 5.10 Å². The Balaban J connectivity index is 1.65. The molecule has 0 atom stereocenters. The largest absolute Gasteiger partial charge is 0.493 e. The first kappa shape index (κ1) is 18.2. The first-order chi connectivity index (χ1) is 13.6. The van der Waals surface area contributed by atoms with Gasteiger partial charge in [-0.05, 0) is 31.0 Å². The first-order valence-corrected chi connectivity index (χ1v) is 9.01. The van der Waals surface area contributed by atoms with Crippen molar-refractivity contribution in [1.82, 2.24) is 14.7 Å². The maximum atomic E-state index is 14.1. The second-order valence-corrected chi connectivity index (χ2v) is 6.73. The van der Waals surface area contributed by atoms with E-state index in [4.69, 9.17) is 4.74 Å². The van der Waals surface area contributed by atoms with Gasteiger partial charge in [0.1, 0.15) is 11.6 Å². The normalized spacial score (nSPS) is 13.4. The molecule has 28 heavy (non-hydrogen) atoms. The van der Waals surface area contributed by atoms with Crippen molar-refractivity contribution < 1.29 is 18.3 Å². The molecule has 5 nitrogen and oxygen atoms in total. The number of benzene rings is 2. The maximum Gasteiger partial charge on any atom is 0.278 e. The van der Waals surface area contributed by atoms with Crippen molar-refractivity contribution in [2.24, 2.45) is 0 Å². The number of nitrogens with zero attached hydrogens (tertiary/aromatic N) is 3. The van der Waals surface area contributed by atoms with E-state index < -0.39 is 11.6 Å². The zero-order valence-electron chi connectivity index (χ0n) is 15.3. The van der Waals surface area contributed by atoms with E-state index in [9.17, 15) is 13.6 Å². The van der Waals surface area contributed by atoms with E-state index in [1.54, 1.807) is 15.8 Å². The van der Waals surface area contributed by atoms with E-state index in [-0.39, 0.29) is 29.8 Å². The molecule has 0 saturated heterocycles. The Morgan fingerprint density at radius 2 is 1.96 bits per heavy atom. The first-order valence-electron chi connectivity index (χ1n) is 9.01. The summed E-state index contributed by atoms with van der Waals surface area (Å²) >= 11 is 0. The minimum atomic E-state index is -0.666. The van der Waals surface area contributed by atoms with Crippen molar-refractivity contribution in [2.75, 3.05) is 7.11 Å². The van der Waals surface area contributed by atoms with Crippen LogP contribution < -0.4 is 4.74 Å². The van der Waals surface area contributed by atoms with Gasteiger partial charge in [0, 0.05) is 24.2 Å². The average Bonchev–Trinajstić information content (AvgIpc) is 3.45. The van der Waals surface area contributed by atoms with Gasteiger partial charge in [0.25, 0.3) is 5.91 Å². The Morgan fingerprint density at radius 1 is 1.21 bits per heavy atom. The Hall–Kier alpha value is -3.22. The zero-order valence-corrected chi connectivity index (χ0v) is 15.3. The van der Waals surface area contributed by atoms with Gasteiger partial charge in [-0.25, -0.2) is 13.5 Å². The summed E-state index contributed by atoms with van der Waals surface area (Å²) in [5, 5.41) is 4.41. The van der Waals surface area contributed by atoms with Crippen molar-refractivity contribution in [1.29, 1.82) is 0 Å². The second kappa shape index (κ2) is 7.42. The van der Waals surface area contributed by atoms with Crippen LogP contribution >= 0.6 is 0 Å². The second-order valence-electron chi connectivity index (χ2n) is 6.73. The fourth-order valence-corrected chi connectivity index (χ4v) is 3.09. The molecule has 0 unspecified atom stereocenters. The predicted molar refractivity (Wildman–Crippen MR) is 99.4 cm³/mol. The van der Waals surface area contributed by atoms with Crippen molar-refractivity contribution in [2.45, 2.75) is 25.4 Å². The van der Waals surface area contributed by atoms with Crippen molar-refractivity contribution in [3.63, 3.8) is 0 Å². The summed E-state index contributed by atoms with van der Waals surface area (Å²) in [6, 6.07) is 12.8. The number of rotatable bonds is 6. The number of aromatic nitrogens is 2. The van der Waals surface area contributed by atoms with Gasteiger partial charge in [0.05, 0.1) is 19.0 Å². The molecule has 7 heteroatoms. The maximum absolute atomic E-state index is 14.1. The lowest BCUT2D eigenvalue weighted by Gasteiger charge is -2.22. The SMILES string of the molecule is COc1cn(-c2ccccc2)nc1C(=O)N(Cc1ccc(F)cc1F)C1CC1.